The topological polar surface area (TPSA) is 53.0 Å². The number of nitrogens with zero attached hydrogens (tertiary/aromatic N) is 2. The SMILES string of the molecule is COc1cccc(C(C)=CC(=O)N2CCC(N3CC(O)C3)CC2)c1. The molecule has 0 bridgehead atoms. The first-order chi connectivity index (χ1) is 11.6. The largest absolute Gasteiger partial charge is 0.497 e. The second-order valence-corrected chi connectivity index (χ2v) is 6.72. The van der Waals surface area contributed by atoms with Crippen LogP contribution in [0, 0.1) is 0 Å². The Balaban J connectivity index is 1.56. The number of hydrogen-bond donors (Lipinski definition) is 1. The van der Waals surface area contributed by atoms with Crippen LogP contribution in [0.3, 0.4) is 0 Å². The molecule has 24 heavy (non-hydrogen) atoms. The van der Waals surface area contributed by atoms with E-state index in [-0.39, 0.29) is 12.0 Å². The van der Waals surface area contributed by atoms with E-state index in [4.69, 9.17) is 4.74 Å². The van der Waals surface area contributed by atoms with Crippen LogP contribution in [0.1, 0.15) is 25.3 Å². The number of aliphatic hydroxyl groups is 1. The van der Waals surface area contributed by atoms with Gasteiger partial charge in [-0.15, -0.1) is 0 Å². The van der Waals surface area contributed by atoms with Crippen LogP contribution < -0.4 is 4.74 Å². The molecule has 0 unspecified atom stereocenters. The Labute approximate surface area is 143 Å². The lowest BCUT2D eigenvalue weighted by molar-refractivity contribution is -0.128. The number of rotatable bonds is 4. The van der Waals surface area contributed by atoms with E-state index in [2.05, 4.69) is 4.90 Å². The average molecular weight is 330 g/mol. The lowest BCUT2D eigenvalue weighted by atomic mass is 9.98. The van der Waals surface area contributed by atoms with Gasteiger partial charge in [0, 0.05) is 38.3 Å². The molecule has 0 spiro atoms. The number of aliphatic hydroxyl groups excluding tert-OH is 1. The molecule has 1 amide bonds. The first-order valence-electron chi connectivity index (χ1n) is 8.60. The zero-order valence-corrected chi connectivity index (χ0v) is 14.4. The number of β-amino-alcohol motifs (C(OH)–C–C–N with tert-alkyl or cyclic N) is 1. The normalized spacial score (nSPS) is 20.8. The van der Waals surface area contributed by atoms with Crippen molar-refractivity contribution in [2.24, 2.45) is 0 Å². The van der Waals surface area contributed by atoms with E-state index >= 15 is 0 Å². The Kier molecular flexibility index (Phi) is 5.21. The maximum Gasteiger partial charge on any atom is 0.246 e. The van der Waals surface area contributed by atoms with Crippen LogP contribution in [0.25, 0.3) is 5.57 Å². The quantitative estimate of drug-likeness (QED) is 0.855. The van der Waals surface area contributed by atoms with Crippen LogP contribution in [0.4, 0.5) is 0 Å². The highest BCUT2D eigenvalue weighted by molar-refractivity contribution is 5.95. The summed E-state index contributed by atoms with van der Waals surface area (Å²) in [5, 5.41) is 9.41. The second kappa shape index (κ2) is 7.36. The van der Waals surface area contributed by atoms with Gasteiger partial charge in [-0.2, -0.15) is 0 Å². The van der Waals surface area contributed by atoms with Crippen LogP contribution in [0.5, 0.6) is 5.75 Å². The minimum Gasteiger partial charge on any atom is -0.497 e. The van der Waals surface area contributed by atoms with E-state index in [0.717, 1.165) is 55.9 Å². The van der Waals surface area contributed by atoms with Crippen LogP contribution in [0.15, 0.2) is 30.3 Å². The van der Waals surface area contributed by atoms with Gasteiger partial charge < -0.3 is 14.7 Å². The Morgan fingerprint density at radius 1 is 1.29 bits per heavy atom. The van der Waals surface area contributed by atoms with Gasteiger partial charge in [0.1, 0.15) is 5.75 Å². The molecular weight excluding hydrogens is 304 g/mol. The molecule has 2 aliphatic rings. The highest BCUT2D eigenvalue weighted by atomic mass is 16.5. The highest BCUT2D eigenvalue weighted by Gasteiger charge is 2.33. The number of piperidine rings is 1. The lowest BCUT2D eigenvalue weighted by Gasteiger charge is -2.45. The molecule has 0 radical (unpaired) electrons. The fraction of sp³-hybridized carbons (Fsp3) is 0.526. The smallest absolute Gasteiger partial charge is 0.246 e. The summed E-state index contributed by atoms with van der Waals surface area (Å²) in [6, 6.07) is 8.28. The van der Waals surface area contributed by atoms with Crippen molar-refractivity contribution in [1.82, 2.24) is 9.80 Å². The molecule has 1 aromatic rings. The van der Waals surface area contributed by atoms with E-state index in [9.17, 15) is 9.90 Å². The molecular formula is C19H26N2O3. The molecule has 3 rings (SSSR count). The van der Waals surface area contributed by atoms with Gasteiger partial charge >= 0.3 is 0 Å². The highest BCUT2D eigenvalue weighted by Crippen LogP contribution is 2.23. The van der Waals surface area contributed by atoms with Crippen molar-refractivity contribution in [3.8, 4) is 5.75 Å². The van der Waals surface area contributed by atoms with E-state index < -0.39 is 0 Å². The summed E-state index contributed by atoms with van der Waals surface area (Å²) in [6.45, 7) is 5.11. The maximum atomic E-state index is 12.5. The number of amides is 1. The van der Waals surface area contributed by atoms with Gasteiger partial charge in [-0.1, -0.05) is 12.1 Å². The van der Waals surface area contributed by atoms with Crippen molar-refractivity contribution in [3.05, 3.63) is 35.9 Å². The number of allylic oxidation sites excluding steroid dienone is 1. The standard InChI is InChI=1S/C19H26N2O3/c1-14(15-4-3-5-18(11-15)24-2)10-19(23)20-8-6-16(7-9-20)21-12-17(22)13-21/h3-5,10-11,16-17,22H,6-9,12-13H2,1-2H3. The van der Waals surface area contributed by atoms with Gasteiger partial charge in [-0.3, -0.25) is 9.69 Å². The van der Waals surface area contributed by atoms with E-state index in [1.807, 2.05) is 36.1 Å². The van der Waals surface area contributed by atoms with E-state index in [1.165, 1.54) is 0 Å². The van der Waals surface area contributed by atoms with Crippen molar-refractivity contribution in [3.63, 3.8) is 0 Å². The maximum absolute atomic E-state index is 12.5. The predicted molar refractivity (Wildman–Crippen MR) is 93.8 cm³/mol. The summed E-state index contributed by atoms with van der Waals surface area (Å²) in [5.74, 6) is 0.877. The molecule has 1 aromatic carbocycles. The molecule has 2 saturated heterocycles. The molecule has 2 aliphatic heterocycles. The predicted octanol–water partition coefficient (Wildman–Crippen LogP) is 1.77. The Bertz CT molecular complexity index is 615. The van der Waals surface area contributed by atoms with Gasteiger partial charge in [0.2, 0.25) is 5.91 Å². The molecule has 0 saturated carbocycles. The molecule has 5 nitrogen and oxygen atoms in total. The van der Waals surface area contributed by atoms with Crippen LogP contribution in [-0.2, 0) is 4.79 Å². The third-order valence-corrected chi connectivity index (χ3v) is 5.05. The molecule has 0 aliphatic carbocycles. The fourth-order valence-corrected chi connectivity index (χ4v) is 3.47. The minimum atomic E-state index is -0.155. The monoisotopic (exact) mass is 330 g/mol. The third-order valence-electron chi connectivity index (χ3n) is 5.05. The number of benzene rings is 1. The summed E-state index contributed by atoms with van der Waals surface area (Å²) >= 11 is 0. The number of carbonyl (C=O) groups excluding carboxylic acids is 1. The summed E-state index contributed by atoms with van der Waals surface area (Å²) < 4.78 is 5.24. The molecule has 1 N–H and O–H groups in total. The Morgan fingerprint density at radius 3 is 2.62 bits per heavy atom. The Morgan fingerprint density at radius 2 is 2.00 bits per heavy atom. The summed E-state index contributed by atoms with van der Waals surface area (Å²) in [5.41, 5.74) is 1.96. The van der Waals surface area contributed by atoms with Crippen LogP contribution in [0.2, 0.25) is 0 Å². The molecule has 130 valence electrons. The Hall–Kier alpha value is -1.85. The van der Waals surface area contributed by atoms with Crippen LogP contribution >= 0.6 is 0 Å². The van der Waals surface area contributed by atoms with Gasteiger partial charge in [0.05, 0.1) is 13.2 Å². The number of likely N-dealkylation sites (tertiary alicyclic amines) is 2. The average Bonchev–Trinajstić information content (AvgIpc) is 2.59. The zero-order valence-electron chi connectivity index (χ0n) is 14.4. The minimum absolute atomic E-state index is 0.0809. The summed E-state index contributed by atoms with van der Waals surface area (Å²) in [4.78, 5) is 16.8. The zero-order chi connectivity index (χ0) is 17.1. The summed E-state index contributed by atoms with van der Waals surface area (Å²) in [6.07, 6.45) is 3.55. The molecule has 2 heterocycles. The molecule has 0 aromatic heterocycles. The number of hydrogen-bond acceptors (Lipinski definition) is 4. The molecule has 5 heteroatoms. The van der Waals surface area contributed by atoms with Crippen molar-refractivity contribution >= 4 is 11.5 Å². The van der Waals surface area contributed by atoms with Crippen molar-refractivity contribution in [2.75, 3.05) is 33.3 Å². The fourth-order valence-electron chi connectivity index (χ4n) is 3.47. The van der Waals surface area contributed by atoms with Crippen molar-refractivity contribution in [2.45, 2.75) is 31.9 Å². The van der Waals surface area contributed by atoms with Gasteiger partial charge in [-0.25, -0.2) is 0 Å². The second-order valence-electron chi connectivity index (χ2n) is 6.72. The first kappa shape index (κ1) is 17.0. The van der Waals surface area contributed by atoms with Gasteiger partial charge in [0.25, 0.3) is 0 Å². The van der Waals surface area contributed by atoms with Gasteiger partial charge in [0.15, 0.2) is 0 Å². The number of ether oxygens (including phenoxy) is 1. The van der Waals surface area contributed by atoms with Crippen molar-refractivity contribution < 1.29 is 14.6 Å². The van der Waals surface area contributed by atoms with E-state index in [1.54, 1.807) is 13.2 Å². The molecule has 2 fully saturated rings. The van der Waals surface area contributed by atoms with E-state index in [0.29, 0.717) is 6.04 Å². The van der Waals surface area contributed by atoms with Gasteiger partial charge in [-0.05, 0) is 43.0 Å². The molecule has 0 atom stereocenters. The lowest BCUT2D eigenvalue weighted by Crippen LogP contribution is -2.58. The van der Waals surface area contributed by atoms with Crippen LogP contribution in [-0.4, -0.2) is 66.2 Å². The number of methoxy groups -OCH3 is 1. The third kappa shape index (κ3) is 3.79. The number of carbonyl (C=O) groups is 1. The summed E-state index contributed by atoms with van der Waals surface area (Å²) in [7, 11) is 1.64. The first-order valence-corrected chi connectivity index (χ1v) is 8.60. The van der Waals surface area contributed by atoms with Crippen molar-refractivity contribution in [1.29, 1.82) is 0 Å².